The van der Waals surface area contributed by atoms with Crippen molar-refractivity contribution in [3.63, 3.8) is 0 Å². The first-order valence-electron chi connectivity index (χ1n) is 5.79. The molecule has 8 heteroatoms. The normalized spacial score (nSPS) is 11.9. The number of likely N-dealkylation sites (N-methyl/N-ethyl adjacent to an activating group) is 1. The van der Waals surface area contributed by atoms with Crippen molar-refractivity contribution in [1.29, 1.82) is 0 Å². The average molecular weight is 261 g/mol. The number of hydrogen-bond acceptors (Lipinski definition) is 6. The van der Waals surface area contributed by atoms with E-state index < -0.39 is 0 Å². The van der Waals surface area contributed by atoms with Crippen LogP contribution in [0, 0.1) is 0 Å². The van der Waals surface area contributed by atoms with Gasteiger partial charge in [0.15, 0.2) is 0 Å². The molecule has 0 aliphatic rings. The summed E-state index contributed by atoms with van der Waals surface area (Å²) in [7, 11) is 1.76. The number of amides is 1. The molecular formula is C11H15N7O. The Morgan fingerprint density at radius 2 is 2.16 bits per heavy atom. The first kappa shape index (κ1) is 12.9. The Hall–Kier alpha value is -2.51. The fourth-order valence-corrected chi connectivity index (χ4v) is 1.55. The first-order valence-corrected chi connectivity index (χ1v) is 5.79. The summed E-state index contributed by atoms with van der Waals surface area (Å²) >= 11 is 0. The van der Waals surface area contributed by atoms with Gasteiger partial charge in [-0.05, 0) is 13.0 Å². The summed E-state index contributed by atoms with van der Waals surface area (Å²) in [6.45, 7) is 2.00. The zero-order chi connectivity index (χ0) is 13.7. The Labute approximate surface area is 110 Å². The second-order valence-electron chi connectivity index (χ2n) is 4.06. The van der Waals surface area contributed by atoms with Crippen LogP contribution in [-0.4, -0.2) is 44.6 Å². The molecule has 100 valence electrons. The maximum Gasteiger partial charge on any atom is 0.240 e. The van der Waals surface area contributed by atoms with Gasteiger partial charge >= 0.3 is 0 Å². The molecular weight excluding hydrogens is 246 g/mol. The van der Waals surface area contributed by atoms with E-state index in [1.54, 1.807) is 30.4 Å². The number of carbonyl (C=O) groups is 1. The van der Waals surface area contributed by atoms with E-state index in [1.165, 1.54) is 6.33 Å². The van der Waals surface area contributed by atoms with Crippen molar-refractivity contribution in [2.75, 3.05) is 18.5 Å². The molecule has 0 saturated carbocycles. The van der Waals surface area contributed by atoms with Crippen LogP contribution in [0.2, 0.25) is 0 Å². The monoisotopic (exact) mass is 261 g/mol. The van der Waals surface area contributed by atoms with Gasteiger partial charge in [-0.3, -0.25) is 9.89 Å². The lowest BCUT2D eigenvalue weighted by atomic mass is 10.3. The van der Waals surface area contributed by atoms with Crippen LogP contribution in [0.25, 0.3) is 0 Å². The minimum absolute atomic E-state index is 0.140. The van der Waals surface area contributed by atoms with Crippen LogP contribution in [0.15, 0.2) is 24.8 Å². The number of aromatic nitrogens is 5. The highest BCUT2D eigenvalue weighted by molar-refractivity contribution is 5.80. The van der Waals surface area contributed by atoms with Crippen molar-refractivity contribution in [3.05, 3.63) is 30.6 Å². The van der Waals surface area contributed by atoms with E-state index in [9.17, 15) is 4.79 Å². The standard InChI is InChI=1S/C11H15N7O/c1-8(10-14-7-15-17-10)16-9(19)6-18(2)11-12-4-3-5-13-11/h3-5,7-8H,6H2,1-2H3,(H,16,19)(H,14,15,17). The van der Waals surface area contributed by atoms with Gasteiger partial charge < -0.3 is 10.2 Å². The van der Waals surface area contributed by atoms with Crippen LogP contribution in [0.1, 0.15) is 18.8 Å². The molecule has 1 unspecified atom stereocenters. The second-order valence-corrected chi connectivity index (χ2v) is 4.06. The molecule has 0 spiro atoms. The van der Waals surface area contributed by atoms with Gasteiger partial charge in [0.25, 0.3) is 0 Å². The smallest absolute Gasteiger partial charge is 0.240 e. The molecule has 19 heavy (non-hydrogen) atoms. The van der Waals surface area contributed by atoms with Gasteiger partial charge in [0.2, 0.25) is 11.9 Å². The summed E-state index contributed by atoms with van der Waals surface area (Å²) < 4.78 is 0. The summed E-state index contributed by atoms with van der Waals surface area (Å²) in [4.78, 5) is 25.7. The lowest BCUT2D eigenvalue weighted by Gasteiger charge is -2.17. The van der Waals surface area contributed by atoms with Gasteiger partial charge in [-0.25, -0.2) is 15.0 Å². The van der Waals surface area contributed by atoms with Crippen molar-refractivity contribution in [2.24, 2.45) is 0 Å². The third kappa shape index (κ3) is 3.47. The van der Waals surface area contributed by atoms with E-state index in [-0.39, 0.29) is 18.5 Å². The van der Waals surface area contributed by atoms with Crippen LogP contribution in [0.3, 0.4) is 0 Å². The summed E-state index contributed by atoms with van der Waals surface area (Å²) in [5.41, 5.74) is 0. The zero-order valence-electron chi connectivity index (χ0n) is 10.7. The van der Waals surface area contributed by atoms with Crippen molar-refractivity contribution in [2.45, 2.75) is 13.0 Å². The third-order valence-corrected chi connectivity index (χ3v) is 2.50. The molecule has 2 heterocycles. The fraction of sp³-hybridized carbons (Fsp3) is 0.364. The highest BCUT2D eigenvalue weighted by Crippen LogP contribution is 2.05. The van der Waals surface area contributed by atoms with Gasteiger partial charge in [0.05, 0.1) is 12.6 Å². The number of hydrogen-bond donors (Lipinski definition) is 2. The van der Waals surface area contributed by atoms with Crippen molar-refractivity contribution in [3.8, 4) is 0 Å². The highest BCUT2D eigenvalue weighted by Gasteiger charge is 2.14. The van der Waals surface area contributed by atoms with E-state index in [0.717, 1.165) is 0 Å². The van der Waals surface area contributed by atoms with Gasteiger partial charge in [-0.15, -0.1) is 0 Å². The quantitative estimate of drug-likeness (QED) is 0.780. The predicted octanol–water partition coefficient (Wildman–Crippen LogP) is -0.0917. The fourth-order valence-electron chi connectivity index (χ4n) is 1.55. The number of H-pyrrole nitrogens is 1. The van der Waals surface area contributed by atoms with Gasteiger partial charge in [-0.1, -0.05) is 0 Å². The van der Waals surface area contributed by atoms with E-state index in [4.69, 9.17) is 0 Å². The molecule has 0 radical (unpaired) electrons. The molecule has 0 aliphatic heterocycles. The zero-order valence-corrected chi connectivity index (χ0v) is 10.7. The van der Waals surface area contributed by atoms with Crippen LogP contribution >= 0.6 is 0 Å². The van der Waals surface area contributed by atoms with Crippen LogP contribution < -0.4 is 10.2 Å². The summed E-state index contributed by atoms with van der Waals surface area (Å²) in [6, 6.07) is 1.50. The molecule has 1 atom stereocenters. The Bertz CT molecular complexity index is 513. The Balaban J connectivity index is 1.88. The van der Waals surface area contributed by atoms with Gasteiger partial charge in [0.1, 0.15) is 12.2 Å². The topological polar surface area (TPSA) is 99.7 Å². The Kier molecular flexibility index (Phi) is 4.01. The molecule has 0 aromatic carbocycles. The molecule has 0 aliphatic carbocycles. The maximum absolute atomic E-state index is 11.9. The van der Waals surface area contributed by atoms with Crippen LogP contribution in [-0.2, 0) is 4.79 Å². The van der Waals surface area contributed by atoms with Crippen molar-refractivity contribution < 1.29 is 4.79 Å². The number of rotatable bonds is 5. The lowest BCUT2D eigenvalue weighted by molar-refractivity contribution is -0.120. The SMILES string of the molecule is CC(NC(=O)CN(C)c1ncccn1)c1ncn[nH]1. The summed E-state index contributed by atoms with van der Waals surface area (Å²) in [5, 5.41) is 9.27. The largest absolute Gasteiger partial charge is 0.345 e. The number of anilines is 1. The lowest BCUT2D eigenvalue weighted by Crippen LogP contribution is -2.37. The number of nitrogens with zero attached hydrogens (tertiary/aromatic N) is 5. The average Bonchev–Trinajstić information content (AvgIpc) is 2.93. The van der Waals surface area contributed by atoms with Crippen molar-refractivity contribution >= 4 is 11.9 Å². The van der Waals surface area contributed by atoms with Crippen LogP contribution in [0.5, 0.6) is 0 Å². The van der Waals surface area contributed by atoms with E-state index in [0.29, 0.717) is 11.8 Å². The molecule has 2 aromatic heterocycles. The van der Waals surface area contributed by atoms with Crippen molar-refractivity contribution in [1.82, 2.24) is 30.5 Å². The predicted molar refractivity (Wildman–Crippen MR) is 68.2 cm³/mol. The molecule has 0 fully saturated rings. The third-order valence-electron chi connectivity index (χ3n) is 2.50. The van der Waals surface area contributed by atoms with Gasteiger partial charge in [0, 0.05) is 19.4 Å². The number of aromatic amines is 1. The Morgan fingerprint density at radius 1 is 1.42 bits per heavy atom. The minimum Gasteiger partial charge on any atom is -0.345 e. The molecule has 2 rings (SSSR count). The molecule has 0 bridgehead atoms. The van der Waals surface area contributed by atoms with E-state index in [2.05, 4.69) is 30.5 Å². The van der Waals surface area contributed by atoms with E-state index >= 15 is 0 Å². The minimum atomic E-state index is -0.222. The summed E-state index contributed by atoms with van der Waals surface area (Å²) in [6.07, 6.45) is 4.67. The molecule has 8 nitrogen and oxygen atoms in total. The molecule has 1 amide bonds. The second kappa shape index (κ2) is 5.89. The number of nitrogens with one attached hydrogen (secondary N) is 2. The maximum atomic E-state index is 11.9. The first-order chi connectivity index (χ1) is 9.16. The van der Waals surface area contributed by atoms with E-state index in [1.807, 2.05) is 6.92 Å². The van der Waals surface area contributed by atoms with Gasteiger partial charge in [-0.2, -0.15) is 5.10 Å². The number of carbonyl (C=O) groups excluding carboxylic acids is 1. The summed E-state index contributed by atoms with van der Waals surface area (Å²) in [5.74, 6) is 0.982. The molecule has 0 saturated heterocycles. The Morgan fingerprint density at radius 3 is 2.79 bits per heavy atom. The molecule has 2 aromatic rings. The van der Waals surface area contributed by atoms with Crippen LogP contribution in [0.4, 0.5) is 5.95 Å². The highest BCUT2D eigenvalue weighted by atomic mass is 16.2. The molecule has 2 N–H and O–H groups in total.